The zero-order valence-corrected chi connectivity index (χ0v) is 16.9. The van der Waals surface area contributed by atoms with Crippen molar-refractivity contribution in [3.05, 3.63) is 17.7 Å². The fourth-order valence-corrected chi connectivity index (χ4v) is 1.98. The Labute approximate surface area is 156 Å². The summed E-state index contributed by atoms with van der Waals surface area (Å²) in [5.41, 5.74) is 0.989. The van der Waals surface area contributed by atoms with E-state index in [0.29, 0.717) is 23.8 Å². The number of guanidine groups is 1. The largest absolute Gasteiger partial charge is 0.493 e. The molecule has 0 aromatic heterocycles. The average molecular weight is 437 g/mol. The van der Waals surface area contributed by atoms with Crippen molar-refractivity contribution in [2.24, 2.45) is 4.99 Å². The summed E-state index contributed by atoms with van der Waals surface area (Å²) in [7, 11) is 4.81. The van der Waals surface area contributed by atoms with Crippen molar-refractivity contribution in [1.29, 1.82) is 0 Å². The van der Waals surface area contributed by atoms with E-state index in [9.17, 15) is 0 Å². The lowest BCUT2D eigenvalue weighted by Crippen LogP contribution is -2.37. The minimum Gasteiger partial charge on any atom is -0.493 e. The van der Waals surface area contributed by atoms with Crippen molar-refractivity contribution in [2.75, 3.05) is 34.4 Å². The first-order valence-corrected chi connectivity index (χ1v) is 7.51. The highest BCUT2D eigenvalue weighted by atomic mass is 127. The highest BCUT2D eigenvalue weighted by Crippen LogP contribution is 2.38. The standard InChI is InChI=1S/C16H27N3O3.HI/c1-6-8-18-16(17-7-2)19-11-12-9-13(20-3)15(22-5)14(10-12)21-4;/h9-10H,6-8,11H2,1-5H3,(H2,17,18,19);1H. The van der Waals surface area contributed by atoms with Crippen LogP contribution in [-0.2, 0) is 6.54 Å². The Bertz CT molecular complexity index is 470. The quantitative estimate of drug-likeness (QED) is 0.372. The number of halogens is 1. The van der Waals surface area contributed by atoms with Gasteiger partial charge in [-0.2, -0.15) is 0 Å². The number of nitrogens with zero attached hydrogens (tertiary/aromatic N) is 1. The van der Waals surface area contributed by atoms with Gasteiger partial charge in [0.05, 0.1) is 27.9 Å². The number of rotatable bonds is 8. The van der Waals surface area contributed by atoms with Crippen LogP contribution in [0, 0.1) is 0 Å². The molecular formula is C16H28IN3O3. The first-order valence-electron chi connectivity index (χ1n) is 7.51. The summed E-state index contributed by atoms with van der Waals surface area (Å²) in [5, 5.41) is 6.49. The average Bonchev–Trinajstić information content (AvgIpc) is 2.56. The van der Waals surface area contributed by atoms with Crippen molar-refractivity contribution in [3.8, 4) is 17.2 Å². The number of hydrogen-bond donors (Lipinski definition) is 2. The van der Waals surface area contributed by atoms with Gasteiger partial charge in [-0.25, -0.2) is 4.99 Å². The molecule has 0 aliphatic heterocycles. The van der Waals surface area contributed by atoms with Gasteiger partial charge in [-0.3, -0.25) is 0 Å². The summed E-state index contributed by atoms with van der Waals surface area (Å²) in [6.45, 7) is 6.40. The Balaban J connectivity index is 0.00000484. The number of ether oxygens (including phenoxy) is 3. The minimum absolute atomic E-state index is 0. The van der Waals surface area contributed by atoms with Gasteiger partial charge in [-0.15, -0.1) is 24.0 Å². The zero-order valence-electron chi connectivity index (χ0n) is 14.6. The molecule has 0 spiro atoms. The number of aliphatic imine (C=N–C) groups is 1. The molecule has 2 N–H and O–H groups in total. The van der Waals surface area contributed by atoms with Crippen LogP contribution < -0.4 is 24.8 Å². The first-order chi connectivity index (χ1) is 10.7. The second-order valence-electron chi connectivity index (χ2n) is 4.66. The van der Waals surface area contributed by atoms with E-state index in [1.54, 1.807) is 21.3 Å². The molecule has 23 heavy (non-hydrogen) atoms. The van der Waals surface area contributed by atoms with Crippen molar-refractivity contribution in [3.63, 3.8) is 0 Å². The van der Waals surface area contributed by atoms with Gasteiger partial charge in [0.1, 0.15) is 0 Å². The predicted octanol–water partition coefficient (Wildman–Crippen LogP) is 2.80. The number of benzene rings is 1. The van der Waals surface area contributed by atoms with E-state index in [2.05, 4.69) is 22.5 Å². The molecule has 1 rings (SSSR count). The minimum atomic E-state index is 0. The molecule has 1 aromatic carbocycles. The molecule has 1 aromatic rings. The summed E-state index contributed by atoms with van der Waals surface area (Å²) in [6.07, 6.45) is 1.05. The Kier molecular flexibility index (Phi) is 11.4. The Hall–Kier alpha value is -1.38. The van der Waals surface area contributed by atoms with Gasteiger partial charge < -0.3 is 24.8 Å². The molecule has 7 heteroatoms. The monoisotopic (exact) mass is 437 g/mol. The molecule has 0 aliphatic carbocycles. The molecule has 0 radical (unpaired) electrons. The summed E-state index contributed by atoms with van der Waals surface area (Å²) >= 11 is 0. The zero-order chi connectivity index (χ0) is 16.4. The van der Waals surface area contributed by atoms with E-state index < -0.39 is 0 Å². The molecule has 0 amide bonds. The molecule has 0 bridgehead atoms. The Morgan fingerprint density at radius 1 is 1.00 bits per heavy atom. The lowest BCUT2D eigenvalue weighted by molar-refractivity contribution is 0.324. The van der Waals surface area contributed by atoms with E-state index >= 15 is 0 Å². The van der Waals surface area contributed by atoms with Gasteiger partial charge in [-0.05, 0) is 31.0 Å². The van der Waals surface area contributed by atoms with Crippen LogP contribution >= 0.6 is 24.0 Å². The van der Waals surface area contributed by atoms with Crippen LogP contribution in [0.2, 0.25) is 0 Å². The van der Waals surface area contributed by atoms with E-state index in [1.807, 2.05) is 19.1 Å². The highest BCUT2D eigenvalue weighted by Gasteiger charge is 2.12. The molecule has 0 saturated heterocycles. The third-order valence-electron chi connectivity index (χ3n) is 3.03. The van der Waals surface area contributed by atoms with E-state index in [-0.39, 0.29) is 24.0 Å². The highest BCUT2D eigenvalue weighted by molar-refractivity contribution is 14.0. The lowest BCUT2D eigenvalue weighted by Gasteiger charge is -2.14. The molecule has 0 unspecified atom stereocenters. The SMILES string of the molecule is CCCNC(=NCc1cc(OC)c(OC)c(OC)c1)NCC.I. The lowest BCUT2D eigenvalue weighted by atomic mass is 10.2. The number of methoxy groups -OCH3 is 3. The number of nitrogens with one attached hydrogen (secondary N) is 2. The molecule has 0 heterocycles. The van der Waals surface area contributed by atoms with E-state index in [0.717, 1.165) is 31.0 Å². The molecular weight excluding hydrogens is 409 g/mol. The van der Waals surface area contributed by atoms with Crippen molar-refractivity contribution >= 4 is 29.9 Å². The smallest absolute Gasteiger partial charge is 0.203 e. The van der Waals surface area contributed by atoms with Crippen LogP contribution in [-0.4, -0.2) is 40.4 Å². The third kappa shape index (κ3) is 6.72. The van der Waals surface area contributed by atoms with Crippen molar-refractivity contribution in [2.45, 2.75) is 26.8 Å². The van der Waals surface area contributed by atoms with Crippen LogP contribution in [0.5, 0.6) is 17.2 Å². The fourth-order valence-electron chi connectivity index (χ4n) is 1.98. The molecule has 132 valence electrons. The van der Waals surface area contributed by atoms with Crippen LogP contribution in [0.25, 0.3) is 0 Å². The van der Waals surface area contributed by atoms with Crippen LogP contribution in [0.3, 0.4) is 0 Å². The van der Waals surface area contributed by atoms with Crippen molar-refractivity contribution < 1.29 is 14.2 Å². The Morgan fingerprint density at radius 2 is 1.61 bits per heavy atom. The van der Waals surface area contributed by atoms with Gasteiger partial charge >= 0.3 is 0 Å². The summed E-state index contributed by atoms with van der Waals surface area (Å²) in [4.78, 5) is 4.57. The topological polar surface area (TPSA) is 64.1 Å². The van der Waals surface area contributed by atoms with Crippen molar-refractivity contribution in [1.82, 2.24) is 10.6 Å². The molecule has 0 aliphatic rings. The van der Waals surface area contributed by atoms with Gasteiger partial charge in [0.25, 0.3) is 0 Å². The summed E-state index contributed by atoms with van der Waals surface area (Å²) in [5.74, 6) is 2.67. The first kappa shape index (κ1) is 21.6. The van der Waals surface area contributed by atoms with Crippen LogP contribution in [0.15, 0.2) is 17.1 Å². The third-order valence-corrected chi connectivity index (χ3v) is 3.03. The second-order valence-corrected chi connectivity index (χ2v) is 4.66. The Morgan fingerprint density at radius 3 is 2.04 bits per heavy atom. The molecule has 6 nitrogen and oxygen atoms in total. The normalized spacial score (nSPS) is 10.6. The van der Waals surface area contributed by atoms with Crippen LogP contribution in [0.4, 0.5) is 0 Å². The summed E-state index contributed by atoms with van der Waals surface area (Å²) < 4.78 is 16.0. The van der Waals surface area contributed by atoms with E-state index in [1.165, 1.54) is 0 Å². The summed E-state index contributed by atoms with van der Waals surface area (Å²) in [6, 6.07) is 3.82. The van der Waals surface area contributed by atoms with E-state index in [4.69, 9.17) is 14.2 Å². The maximum Gasteiger partial charge on any atom is 0.203 e. The van der Waals surface area contributed by atoms with Crippen LogP contribution in [0.1, 0.15) is 25.8 Å². The van der Waals surface area contributed by atoms with Gasteiger partial charge in [0, 0.05) is 13.1 Å². The molecule has 0 atom stereocenters. The maximum absolute atomic E-state index is 5.35. The molecule has 0 saturated carbocycles. The van der Waals surface area contributed by atoms with Gasteiger partial charge in [-0.1, -0.05) is 6.92 Å². The maximum atomic E-state index is 5.35. The second kappa shape index (κ2) is 12.1. The fraction of sp³-hybridized carbons (Fsp3) is 0.562. The molecule has 0 fully saturated rings. The predicted molar refractivity (Wildman–Crippen MR) is 105 cm³/mol. The van der Waals surface area contributed by atoms with Gasteiger partial charge in [0.15, 0.2) is 17.5 Å². The van der Waals surface area contributed by atoms with Gasteiger partial charge in [0.2, 0.25) is 5.75 Å². The number of hydrogen-bond acceptors (Lipinski definition) is 4.